The molecule has 43 heavy (non-hydrogen) atoms. The van der Waals surface area contributed by atoms with Crippen molar-refractivity contribution in [3.05, 3.63) is 145 Å². The first-order valence-electron chi connectivity index (χ1n) is 14.4. The summed E-state index contributed by atoms with van der Waals surface area (Å²) in [6.07, 6.45) is 0. The number of benzene rings is 7. The number of hydrogen-bond acceptors (Lipinski definition) is 3. The largest absolute Gasteiger partial charge is 0.367 e. The summed E-state index contributed by atoms with van der Waals surface area (Å²) in [5, 5.41) is 28.5. The lowest BCUT2D eigenvalue weighted by Crippen LogP contribution is -2.29. The minimum absolute atomic E-state index is 0.173. The predicted octanol–water partition coefficient (Wildman–Crippen LogP) is 7.55. The quantitative estimate of drug-likeness (QED) is 0.134. The molecule has 0 amide bonds. The van der Waals surface area contributed by atoms with E-state index in [2.05, 4.69) is 108 Å². The van der Waals surface area contributed by atoms with Crippen LogP contribution in [0.15, 0.2) is 140 Å². The summed E-state index contributed by atoms with van der Waals surface area (Å²) >= 11 is 0. The Kier molecular flexibility index (Phi) is 5.73. The average Bonchev–Trinajstić information content (AvgIpc) is 3.44. The van der Waals surface area contributed by atoms with Crippen LogP contribution in [0.1, 0.15) is 5.82 Å². The Bertz CT molecular complexity index is 2290. The molecule has 0 fully saturated rings. The lowest BCUT2D eigenvalue weighted by Gasteiger charge is -2.20. The van der Waals surface area contributed by atoms with Crippen molar-refractivity contribution in [2.24, 2.45) is 0 Å². The highest BCUT2D eigenvalue weighted by Crippen LogP contribution is 2.44. The normalized spacial score (nSPS) is 12.0. The van der Waals surface area contributed by atoms with Crippen LogP contribution in [0.25, 0.3) is 71.3 Å². The van der Waals surface area contributed by atoms with E-state index in [1.165, 1.54) is 40.5 Å². The number of aromatic nitrogens is 2. The maximum atomic E-state index is 10.7. The molecular weight excluding hydrogens is 527 g/mol. The molecule has 1 heterocycles. The predicted molar refractivity (Wildman–Crippen MR) is 179 cm³/mol. The molecule has 0 unspecified atom stereocenters. The van der Waals surface area contributed by atoms with Crippen molar-refractivity contribution in [2.75, 3.05) is 0 Å². The summed E-state index contributed by atoms with van der Waals surface area (Å²) in [4.78, 5) is 4.59. The van der Waals surface area contributed by atoms with Gasteiger partial charge in [0.25, 0.3) is 0 Å². The van der Waals surface area contributed by atoms with Gasteiger partial charge in [0, 0.05) is 5.69 Å². The Morgan fingerprint density at radius 2 is 1.09 bits per heavy atom. The first-order chi connectivity index (χ1) is 21.0. The molecule has 8 aromatic rings. The van der Waals surface area contributed by atoms with Gasteiger partial charge in [-0.1, -0.05) is 109 Å². The maximum Gasteiger partial charge on any atom is 0.188 e. The van der Waals surface area contributed by atoms with E-state index in [0.29, 0.717) is 5.52 Å². The Balaban J connectivity index is 1.42. The third kappa shape index (κ3) is 4.13. The van der Waals surface area contributed by atoms with E-state index in [-0.39, 0.29) is 5.82 Å². The highest BCUT2D eigenvalue weighted by Gasteiger charge is 2.28. The van der Waals surface area contributed by atoms with E-state index in [4.69, 9.17) is 0 Å². The molecule has 0 saturated carbocycles. The van der Waals surface area contributed by atoms with E-state index in [1.54, 1.807) is 0 Å². The lowest BCUT2D eigenvalue weighted by molar-refractivity contribution is -0.0985. The van der Waals surface area contributed by atoms with Crippen LogP contribution in [0.5, 0.6) is 0 Å². The summed E-state index contributed by atoms with van der Waals surface area (Å²) in [6, 6.07) is 48.4. The van der Waals surface area contributed by atoms with Crippen LogP contribution < -0.4 is 0 Å². The van der Waals surface area contributed by atoms with Gasteiger partial charge >= 0.3 is 0 Å². The molecule has 0 aliphatic carbocycles. The Morgan fingerprint density at radius 1 is 0.535 bits per heavy atom. The van der Waals surface area contributed by atoms with Gasteiger partial charge in [-0.25, -0.2) is 4.98 Å². The van der Waals surface area contributed by atoms with Gasteiger partial charge in [0.05, 0.1) is 11.0 Å². The van der Waals surface area contributed by atoms with Crippen LogP contribution in [-0.4, -0.2) is 27.6 Å². The number of hydrogen-bond donors (Lipinski definition) is 2. The van der Waals surface area contributed by atoms with Gasteiger partial charge in [-0.05, 0) is 84.9 Å². The van der Waals surface area contributed by atoms with Crippen molar-refractivity contribution in [2.45, 2.75) is 5.69 Å². The molecule has 0 aliphatic heterocycles. The van der Waals surface area contributed by atoms with E-state index >= 15 is 0 Å². The zero-order valence-electron chi connectivity index (χ0n) is 23.6. The molecule has 7 aromatic carbocycles. The average molecular weight is 554 g/mol. The van der Waals surface area contributed by atoms with E-state index in [0.717, 1.165) is 33.1 Å². The zero-order valence-corrected chi connectivity index (χ0v) is 23.6. The van der Waals surface area contributed by atoms with Crippen molar-refractivity contribution < 1.29 is 10.2 Å². The second-order valence-electron chi connectivity index (χ2n) is 11.2. The number of para-hydroxylation sites is 2. The van der Waals surface area contributed by atoms with E-state index in [9.17, 15) is 10.2 Å². The second-order valence-corrected chi connectivity index (χ2v) is 11.2. The van der Waals surface area contributed by atoms with Gasteiger partial charge in [0.15, 0.2) is 19.4 Å². The highest BCUT2D eigenvalue weighted by atomic mass is 16.5. The minimum Gasteiger partial charge on any atom is -0.367 e. The lowest BCUT2D eigenvalue weighted by atomic mass is 9.85. The summed E-state index contributed by atoms with van der Waals surface area (Å²) < 4.78 is 1.84. The third-order valence-electron chi connectivity index (χ3n) is 8.35. The van der Waals surface area contributed by atoms with Crippen LogP contribution in [-0.2, 0) is 5.69 Å². The number of aliphatic hydroxyl groups is 2. The zero-order chi connectivity index (χ0) is 29.1. The number of fused-ring (bicyclic) bond motifs is 4. The van der Waals surface area contributed by atoms with Gasteiger partial charge in [-0.2, -0.15) is 0 Å². The van der Waals surface area contributed by atoms with Gasteiger partial charge < -0.3 is 10.2 Å². The van der Waals surface area contributed by atoms with Crippen LogP contribution in [0.3, 0.4) is 0 Å². The molecule has 0 radical (unpaired) electrons. The topological polar surface area (TPSA) is 58.3 Å². The van der Waals surface area contributed by atoms with Crippen molar-refractivity contribution in [3.63, 3.8) is 0 Å². The van der Waals surface area contributed by atoms with E-state index in [1.807, 2.05) is 41.0 Å². The second kappa shape index (κ2) is 9.67. The summed E-state index contributed by atoms with van der Waals surface area (Å²) in [5.74, 6) is 0.173. The van der Waals surface area contributed by atoms with Gasteiger partial charge in [-0.15, -0.1) is 0 Å². The molecule has 2 N–H and O–H groups in total. The van der Waals surface area contributed by atoms with Crippen LogP contribution in [0.4, 0.5) is 0 Å². The van der Waals surface area contributed by atoms with Crippen LogP contribution >= 0.6 is 0 Å². The maximum absolute atomic E-state index is 10.7. The van der Waals surface area contributed by atoms with Gasteiger partial charge in [0.1, 0.15) is 0 Å². The Hall–Kier alpha value is -5.23. The molecular formula is C38H27BN2O2. The van der Waals surface area contributed by atoms with Crippen molar-refractivity contribution in [1.82, 2.24) is 9.55 Å². The first kappa shape index (κ1) is 25.5. The molecule has 0 atom stereocenters. The molecule has 0 aliphatic rings. The molecule has 0 spiro atoms. The molecule has 8 rings (SSSR count). The third-order valence-corrected chi connectivity index (χ3v) is 8.35. The van der Waals surface area contributed by atoms with Crippen LogP contribution in [0, 0.1) is 0 Å². The fourth-order valence-corrected chi connectivity index (χ4v) is 6.50. The Morgan fingerprint density at radius 3 is 1.74 bits per heavy atom. The minimum atomic E-state index is -2.12. The summed E-state index contributed by atoms with van der Waals surface area (Å²) in [6.45, 7) is 0. The molecule has 1 aromatic heterocycles. The van der Waals surface area contributed by atoms with Crippen molar-refractivity contribution in [3.8, 4) is 27.9 Å². The van der Waals surface area contributed by atoms with Crippen molar-refractivity contribution in [1.29, 1.82) is 0 Å². The highest BCUT2D eigenvalue weighted by molar-refractivity contribution is 6.21. The van der Waals surface area contributed by atoms with Crippen LogP contribution in [0.2, 0.25) is 0 Å². The number of rotatable bonds is 4. The Labute approximate surface area is 249 Å². The molecule has 204 valence electrons. The SMILES string of the molecule is BC(O)(O)c1nc2ccccc2n1-c1cccc(-c2c3ccccc3c(-c3ccc4ccccc4c3)c3ccccc23)c1. The summed E-state index contributed by atoms with van der Waals surface area (Å²) in [7, 11) is 1.35. The summed E-state index contributed by atoms with van der Waals surface area (Å²) in [5.41, 5.74) is 4.79. The smallest absolute Gasteiger partial charge is 0.188 e. The van der Waals surface area contributed by atoms with Gasteiger partial charge in [0.2, 0.25) is 0 Å². The van der Waals surface area contributed by atoms with Gasteiger partial charge in [-0.3, -0.25) is 4.57 Å². The standard InChI is InChI=1S/C38H27BN2O2/c39-38(42,43)37-40-33-18-7-8-19-34(33)41(37)28-13-9-12-26(23-28)35-29-14-3-5-16-31(29)36(32-17-6-4-15-30(32)35)27-21-20-24-10-1-2-11-25(24)22-27/h1-23,42-43H,39H2. The monoisotopic (exact) mass is 554 g/mol. The molecule has 4 nitrogen and oxygen atoms in total. The number of imidazole rings is 1. The number of nitrogens with zero attached hydrogens (tertiary/aromatic N) is 2. The fourth-order valence-electron chi connectivity index (χ4n) is 6.50. The molecule has 5 heteroatoms. The fraction of sp³-hybridized carbons (Fsp3) is 0.0263. The van der Waals surface area contributed by atoms with E-state index < -0.39 is 5.69 Å². The molecule has 0 saturated heterocycles. The van der Waals surface area contributed by atoms with Crippen molar-refractivity contribution >= 4 is 51.2 Å². The first-order valence-corrected chi connectivity index (χ1v) is 14.4. The molecule has 0 bridgehead atoms.